The van der Waals surface area contributed by atoms with Crippen molar-refractivity contribution in [3.05, 3.63) is 34.3 Å². The van der Waals surface area contributed by atoms with E-state index in [-0.39, 0.29) is 11.8 Å². The Morgan fingerprint density at radius 1 is 1.47 bits per heavy atom. The van der Waals surface area contributed by atoms with Crippen LogP contribution in [0.15, 0.2) is 27.4 Å². The Kier molecular flexibility index (Phi) is 3.31. The highest BCUT2D eigenvalue weighted by Gasteiger charge is 2.10. The second kappa shape index (κ2) is 4.73. The zero-order chi connectivity index (χ0) is 12.4. The summed E-state index contributed by atoms with van der Waals surface area (Å²) >= 11 is 0. The van der Waals surface area contributed by atoms with E-state index in [1.807, 2.05) is 12.1 Å². The van der Waals surface area contributed by atoms with Crippen LogP contribution in [0.2, 0.25) is 0 Å². The third kappa shape index (κ3) is 2.25. The van der Waals surface area contributed by atoms with E-state index >= 15 is 0 Å². The minimum absolute atomic E-state index is 0.0482. The monoisotopic (exact) mass is 235 g/mol. The van der Waals surface area contributed by atoms with Crippen LogP contribution in [0.25, 0.3) is 11.1 Å². The SMILES string of the molecule is Cn1c(=O)oc2ccc(C(N)CCCN)cc21. The summed E-state index contributed by atoms with van der Waals surface area (Å²) in [5, 5.41) is 0. The fraction of sp³-hybridized carbons (Fsp3) is 0.417. The molecule has 5 nitrogen and oxygen atoms in total. The average Bonchev–Trinajstić information content (AvgIpc) is 2.62. The summed E-state index contributed by atoms with van der Waals surface area (Å²) in [7, 11) is 1.68. The lowest BCUT2D eigenvalue weighted by Crippen LogP contribution is -2.13. The first kappa shape index (κ1) is 11.9. The Morgan fingerprint density at radius 2 is 2.24 bits per heavy atom. The normalized spacial score (nSPS) is 13.1. The molecule has 5 heteroatoms. The van der Waals surface area contributed by atoms with Crippen molar-refractivity contribution in [2.24, 2.45) is 18.5 Å². The summed E-state index contributed by atoms with van der Waals surface area (Å²) in [6, 6.07) is 5.54. The number of nitrogens with zero attached hydrogens (tertiary/aromatic N) is 1. The van der Waals surface area contributed by atoms with Gasteiger partial charge in [0.25, 0.3) is 0 Å². The fourth-order valence-electron chi connectivity index (χ4n) is 1.88. The highest BCUT2D eigenvalue weighted by Crippen LogP contribution is 2.20. The van der Waals surface area contributed by atoms with Gasteiger partial charge in [0.15, 0.2) is 5.58 Å². The molecule has 1 heterocycles. The van der Waals surface area contributed by atoms with Crippen LogP contribution < -0.4 is 17.2 Å². The summed E-state index contributed by atoms with van der Waals surface area (Å²) in [5.74, 6) is -0.354. The Labute approximate surface area is 99.0 Å². The van der Waals surface area contributed by atoms with E-state index in [4.69, 9.17) is 15.9 Å². The molecular weight excluding hydrogens is 218 g/mol. The molecule has 4 N–H and O–H groups in total. The average molecular weight is 235 g/mol. The summed E-state index contributed by atoms with van der Waals surface area (Å²) in [6.45, 7) is 0.639. The molecule has 0 aliphatic rings. The van der Waals surface area contributed by atoms with Gasteiger partial charge in [0.2, 0.25) is 0 Å². The third-order valence-electron chi connectivity index (χ3n) is 2.96. The molecule has 92 valence electrons. The summed E-state index contributed by atoms with van der Waals surface area (Å²) in [6.07, 6.45) is 1.73. The van der Waals surface area contributed by atoms with Crippen molar-refractivity contribution in [1.82, 2.24) is 4.57 Å². The molecule has 1 aromatic heterocycles. The van der Waals surface area contributed by atoms with Crippen molar-refractivity contribution < 1.29 is 4.42 Å². The Morgan fingerprint density at radius 3 is 2.94 bits per heavy atom. The molecule has 0 aliphatic heterocycles. The highest BCUT2D eigenvalue weighted by molar-refractivity contribution is 5.73. The van der Waals surface area contributed by atoms with Gasteiger partial charge >= 0.3 is 5.76 Å². The van der Waals surface area contributed by atoms with Gasteiger partial charge in [0.05, 0.1) is 5.52 Å². The largest absolute Gasteiger partial charge is 0.419 e. The van der Waals surface area contributed by atoms with Gasteiger partial charge in [-0.3, -0.25) is 4.57 Å². The minimum atomic E-state index is -0.354. The maximum Gasteiger partial charge on any atom is 0.419 e. The number of hydrogen-bond acceptors (Lipinski definition) is 4. The van der Waals surface area contributed by atoms with Crippen molar-refractivity contribution in [3.8, 4) is 0 Å². The van der Waals surface area contributed by atoms with E-state index in [2.05, 4.69) is 0 Å². The zero-order valence-electron chi connectivity index (χ0n) is 9.85. The first-order chi connectivity index (χ1) is 8.13. The summed E-state index contributed by atoms with van der Waals surface area (Å²) < 4.78 is 6.54. The van der Waals surface area contributed by atoms with Crippen LogP contribution in [-0.2, 0) is 7.05 Å². The molecule has 1 aromatic carbocycles. The molecule has 1 atom stereocenters. The van der Waals surface area contributed by atoms with Gasteiger partial charge in [-0.05, 0) is 37.1 Å². The second-order valence-corrected chi connectivity index (χ2v) is 4.19. The second-order valence-electron chi connectivity index (χ2n) is 4.19. The highest BCUT2D eigenvalue weighted by atomic mass is 16.4. The van der Waals surface area contributed by atoms with E-state index < -0.39 is 0 Å². The Bertz CT molecular complexity index is 571. The van der Waals surface area contributed by atoms with E-state index in [1.54, 1.807) is 13.1 Å². The fourth-order valence-corrected chi connectivity index (χ4v) is 1.88. The van der Waals surface area contributed by atoms with E-state index in [1.165, 1.54) is 4.57 Å². The number of rotatable bonds is 4. The van der Waals surface area contributed by atoms with Crippen LogP contribution in [0.3, 0.4) is 0 Å². The Balaban J connectivity index is 2.36. The van der Waals surface area contributed by atoms with E-state index in [0.717, 1.165) is 23.9 Å². The first-order valence-electron chi connectivity index (χ1n) is 5.68. The lowest BCUT2D eigenvalue weighted by Gasteiger charge is -2.11. The van der Waals surface area contributed by atoms with Gasteiger partial charge in [-0.15, -0.1) is 0 Å². The zero-order valence-corrected chi connectivity index (χ0v) is 9.85. The van der Waals surface area contributed by atoms with Crippen LogP contribution in [0, 0.1) is 0 Å². The van der Waals surface area contributed by atoms with Gasteiger partial charge < -0.3 is 15.9 Å². The predicted molar refractivity (Wildman–Crippen MR) is 66.7 cm³/mol. The molecule has 0 amide bonds. The number of hydrogen-bond donors (Lipinski definition) is 2. The quantitative estimate of drug-likeness (QED) is 0.823. The van der Waals surface area contributed by atoms with Crippen molar-refractivity contribution in [3.63, 3.8) is 0 Å². The number of aromatic nitrogens is 1. The lowest BCUT2D eigenvalue weighted by atomic mass is 10.0. The van der Waals surface area contributed by atoms with Crippen LogP contribution in [0.5, 0.6) is 0 Å². The molecule has 0 bridgehead atoms. The van der Waals surface area contributed by atoms with Gasteiger partial charge in [0.1, 0.15) is 0 Å². The van der Waals surface area contributed by atoms with Crippen LogP contribution in [-0.4, -0.2) is 11.1 Å². The molecule has 0 radical (unpaired) electrons. The maximum atomic E-state index is 11.3. The number of nitrogens with two attached hydrogens (primary N) is 2. The molecule has 2 rings (SSSR count). The van der Waals surface area contributed by atoms with Crippen molar-refractivity contribution in [2.45, 2.75) is 18.9 Å². The molecule has 0 spiro atoms. The number of oxazole rings is 1. The van der Waals surface area contributed by atoms with Gasteiger partial charge in [0, 0.05) is 13.1 Å². The molecule has 0 saturated heterocycles. The first-order valence-corrected chi connectivity index (χ1v) is 5.68. The Hall–Kier alpha value is -1.59. The number of benzene rings is 1. The molecule has 0 saturated carbocycles. The predicted octanol–water partition coefficient (Wildman–Crippen LogP) is 0.870. The van der Waals surface area contributed by atoms with E-state index in [0.29, 0.717) is 12.1 Å². The number of fused-ring (bicyclic) bond motifs is 1. The van der Waals surface area contributed by atoms with Gasteiger partial charge in [-0.1, -0.05) is 6.07 Å². The van der Waals surface area contributed by atoms with Crippen molar-refractivity contribution in [1.29, 1.82) is 0 Å². The van der Waals surface area contributed by atoms with Crippen molar-refractivity contribution >= 4 is 11.1 Å². The van der Waals surface area contributed by atoms with Gasteiger partial charge in [-0.2, -0.15) is 0 Å². The molecular formula is C12H17N3O2. The molecule has 0 aliphatic carbocycles. The smallest absolute Gasteiger partial charge is 0.408 e. The molecule has 1 unspecified atom stereocenters. The molecule has 2 aromatic rings. The summed E-state index contributed by atoms with van der Waals surface area (Å²) in [4.78, 5) is 11.3. The lowest BCUT2D eigenvalue weighted by molar-refractivity contribution is 0.528. The van der Waals surface area contributed by atoms with Crippen LogP contribution in [0.4, 0.5) is 0 Å². The van der Waals surface area contributed by atoms with Crippen molar-refractivity contribution in [2.75, 3.05) is 6.54 Å². The van der Waals surface area contributed by atoms with E-state index in [9.17, 15) is 4.79 Å². The minimum Gasteiger partial charge on any atom is -0.408 e. The standard InChI is InChI=1S/C12H17N3O2/c1-15-10-7-8(9(14)3-2-6-13)4-5-11(10)17-12(15)16/h4-5,7,9H,2-3,6,13-14H2,1H3. The topological polar surface area (TPSA) is 87.2 Å². The summed E-state index contributed by atoms with van der Waals surface area (Å²) in [5.41, 5.74) is 13.9. The number of aryl methyl sites for hydroxylation is 1. The molecule has 17 heavy (non-hydrogen) atoms. The van der Waals surface area contributed by atoms with Gasteiger partial charge in [-0.25, -0.2) is 4.79 Å². The maximum absolute atomic E-state index is 11.3. The third-order valence-corrected chi connectivity index (χ3v) is 2.96. The van der Waals surface area contributed by atoms with Crippen LogP contribution >= 0.6 is 0 Å². The molecule has 0 fully saturated rings. The van der Waals surface area contributed by atoms with Crippen LogP contribution in [0.1, 0.15) is 24.4 Å².